The molecule has 0 aliphatic carbocycles. The molecule has 0 aromatic rings. The highest BCUT2D eigenvalue weighted by atomic mass is 15.0. The zero-order valence-electron chi connectivity index (χ0n) is 7.93. The third-order valence-electron chi connectivity index (χ3n) is 1.60. The van der Waals surface area contributed by atoms with Gasteiger partial charge in [-0.2, -0.15) is 0 Å². The molecule has 0 saturated heterocycles. The zero-order valence-corrected chi connectivity index (χ0v) is 7.93. The Bertz CT molecular complexity index is 134. The van der Waals surface area contributed by atoms with Crippen LogP contribution in [0.1, 0.15) is 19.8 Å². The maximum atomic E-state index is 3.71. The Kier molecular flexibility index (Phi) is 5.86. The van der Waals surface area contributed by atoms with Crippen molar-refractivity contribution in [3.05, 3.63) is 24.3 Å². The lowest BCUT2D eigenvalue weighted by Crippen LogP contribution is -2.14. The van der Waals surface area contributed by atoms with E-state index in [1.807, 2.05) is 6.08 Å². The first-order valence-corrected chi connectivity index (χ1v) is 4.10. The Morgan fingerprint density at radius 1 is 1.45 bits per heavy atom. The lowest BCUT2D eigenvalue weighted by Gasteiger charge is -2.11. The maximum Gasteiger partial charge on any atom is 0.0186 e. The molecule has 1 heteroatoms. The number of allylic oxidation sites excluding steroid dienone is 2. The fraction of sp³-hybridized carbons (Fsp3) is 0.600. The van der Waals surface area contributed by atoms with Crippen LogP contribution in [0.3, 0.4) is 0 Å². The standard InChI is InChI=1S/C10H19N/c1-5-7-8-10(6-2)9-11(3)4/h5-6H,1,7-9H2,2-4H3/b10-6+. The molecule has 0 radical (unpaired) electrons. The first-order chi connectivity index (χ1) is 5.20. The maximum absolute atomic E-state index is 3.71. The fourth-order valence-corrected chi connectivity index (χ4v) is 1.01. The van der Waals surface area contributed by atoms with Gasteiger partial charge in [0.1, 0.15) is 0 Å². The zero-order chi connectivity index (χ0) is 8.69. The summed E-state index contributed by atoms with van der Waals surface area (Å²) in [6, 6.07) is 0. The lowest BCUT2D eigenvalue weighted by molar-refractivity contribution is 0.439. The van der Waals surface area contributed by atoms with Crippen LogP contribution in [0.15, 0.2) is 24.3 Å². The summed E-state index contributed by atoms with van der Waals surface area (Å²) in [5.74, 6) is 0. The van der Waals surface area contributed by atoms with Crippen molar-refractivity contribution in [3.63, 3.8) is 0 Å². The fourth-order valence-electron chi connectivity index (χ4n) is 1.01. The van der Waals surface area contributed by atoms with Crippen molar-refractivity contribution < 1.29 is 0 Å². The van der Waals surface area contributed by atoms with Gasteiger partial charge in [-0.3, -0.25) is 0 Å². The van der Waals surface area contributed by atoms with Gasteiger partial charge in [-0.05, 0) is 33.9 Å². The van der Waals surface area contributed by atoms with Crippen molar-refractivity contribution in [1.82, 2.24) is 4.90 Å². The Labute approximate surface area is 70.4 Å². The van der Waals surface area contributed by atoms with Gasteiger partial charge in [0.05, 0.1) is 0 Å². The van der Waals surface area contributed by atoms with Gasteiger partial charge in [0.2, 0.25) is 0 Å². The Balaban J connectivity index is 3.68. The molecular formula is C10H19N. The quantitative estimate of drug-likeness (QED) is 0.548. The predicted octanol–water partition coefficient (Wildman–Crippen LogP) is 2.46. The van der Waals surface area contributed by atoms with Crippen LogP contribution in [0, 0.1) is 0 Å². The summed E-state index contributed by atoms with van der Waals surface area (Å²) in [7, 11) is 4.19. The second kappa shape index (κ2) is 6.17. The first-order valence-electron chi connectivity index (χ1n) is 4.10. The van der Waals surface area contributed by atoms with Crippen molar-refractivity contribution in [2.24, 2.45) is 0 Å². The van der Waals surface area contributed by atoms with E-state index in [1.165, 1.54) is 5.57 Å². The largest absolute Gasteiger partial charge is 0.305 e. The number of likely N-dealkylation sites (N-methyl/N-ethyl adjacent to an activating group) is 1. The average Bonchev–Trinajstić information content (AvgIpc) is 1.97. The topological polar surface area (TPSA) is 3.24 Å². The van der Waals surface area contributed by atoms with Crippen LogP contribution >= 0.6 is 0 Å². The van der Waals surface area contributed by atoms with E-state index in [0.29, 0.717) is 0 Å². The molecule has 0 aromatic heterocycles. The number of hydrogen-bond donors (Lipinski definition) is 0. The van der Waals surface area contributed by atoms with E-state index in [2.05, 4.69) is 38.6 Å². The summed E-state index contributed by atoms with van der Waals surface area (Å²) in [6.07, 6.45) is 6.41. The van der Waals surface area contributed by atoms with Crippen LogP contribution in [0.4, 0.5) is 0 Å². The third kappa shape index (κ3) is 5.86. The molecule has 0 aliphatic heterocycles. The SMILES string of the molecule is C=CCC/C(=C\C)CN(C)C. The smallest absolute Gasteiger partial charge is 0.0186 e. The normalized spacial score (nSPS) is 12.2. The van der Waals surface area contributed by atoms with Crippen molar-refractivity contribution in [1.29, 1.82) is 0 Å². The molecule has 0 aliphatic rings. The van der Waals surface area contributed by atoms with Gasteiger partial charge in [-0.25, -0.2) is 0 Å². The summed E-state index contributed by atoms with van der Waals surface area (Å²) >= 11 is 0. The molecule has 0 N–H and O–H groups in total. The number of hydrogen-bond acceptors (Lipinski definition) is 1. The van der Waals surface area contributed by atoms with Gasteiger partial charge in [0.25, 0.3) is 0 Å². The second-order valence-corrected chi connectivity index (χ2v) is 3.01. The van der Waals surface area contributed by atoms with Crippen molar-refractivity contribution in [2.75, 3.05) is 20.6 Å². The first kappa shape index (κ1) is 10.4. The van der Waals surface area contributed by atoms with Crippen LogP contribution in [0.25, 0.3) is 0 Å². The summed E-state index contributed by atoms with van der Waals surface area (Å²) in [4.78, 5) is 2.19. The molecule has 0 aromatic carbocycles. The van der Waals surface area contributed by atoms with Crippen LogP contribution in [-0.2, 0) is 0 Å². The highest BCUT2D eigenvalue weighted by Crippen LogP contribution is 2.05. The van der Waals surface area contributed by atoms with E-state index >= 15 is 0 Å². The molecule has 0 fully saturated rings. The van der Waals surface area contributed by atoms with E-state index in [0.717, 1.165) is 19.4 Å². The molecule has 0 saturated carbocycles. The van der Waals surface area contributed by atoms with E-state index in [4.69, 9.17) is 0 Å². The molecule has 0 unspecified atom stereocenters. The van der Waals surface area contributed by atoms with Crippen molar-refractivity contribution in [2.45, 2.75) is 19.8 Å². The molecule has 0 amide bonds. The summed E-state index contributed by atoms with van der Waals surface area (Å²) in [5, 5.41) is 0. The van der Waals surface area contributed by atoms with Crippen LogP contribution < -0.4 is 0 Å². The minimum absolute atomic E-state index is 1.07. The van der Waals surface area contributed by atoms with Gasteiger partial charge in [0, 0.05) is 6.54 Å². The number of rotatable bonds is 5. The number of nitrogens with zero attached hydrogens (tertiary/aromatic N) is 1. The minimum atomic E-state index is 1.07. The molecule has 0 heterocycles. The van der Waals surface area contributed by atoms with Gasteiger partial charge < -0.3 is 4.90 Å². The summed E-state index contributed by atoms with van der Waals surface area (Å²) < 4.78 is 0. The molecular weight excluding hydrogens is 134 g/mol. The van der Waals surface area contributed by atoms with E-state index in [1.54, 1.807) is 0 Å². The molecule has 0 spiro atoms. The van der Waals surface area contributed by atoms with Crippen LogP contribution in [-0.4, -0.2) is 25.5 Å². The van der Waals surface area contributed by atoms with Gasteiger partial charge in [-0.1, -0.05) is 17.7 Å². The van der Waals surface area contributed by atoms with E-state index in [9.17, 15) is 0 Å². The van der Waals surface area contributed by atoms with Crippen LogP contribution in [0.2, 0.25) is 0 Å². The predicted molar refractivity (Wildman–Crippen MR) is 51.7 cm³/mol. The van der Waals surface area contributed by atoms with Crippen molar-refractivity contribution in [3.8, 4) is 0 Å². The summed E-state index contributed by atoms with van der Waals surface area (Å²) in [5.41, 5.74) is 1.50. The van der Waals surface area contributed by atoms with Crippen molar-refractivity contribution >= 4 is 0 Å². The molecule has 64 valence electrons. The summed E-state index contributed by atoms with van der Waals surface area (Å²) in [6.45, 7) is 6.88. The third-order valence-corrected chi connectivity index (χ3v) is 1.60. The van der Waals surface area contributed by atoms with E-state index in [-0.39, 0.29) is 0 Å². The molecule has 0 atom stereocenters. The van der Waals surface area contributed by atoms with Gasteiger partial charge >= 0.3 is 0 Å². The lowest BCUT2D eigenvalue weighted by atomic mass is 10.1. The minimum Gasteiger partial charge on any atom is -0.305 e. The highest BCUT2D eigenvalue weighted by molar-refractivity contribution is 5.03. The highest BCUT2D eigenvalue weighted by Gasteiger charge is 1.95. The monoisotopic (exact) mass is 153 g/mol. The molecule has 1 nitrogen and oxygen atoms in total. The van der Waals surface area contributed by atoms with Crippen LogP contribution in [0.5, 0.6) is 0 Å². The van der Waals surface area contributed by atoms with E-state index < -0.39 is 0 Å². The molecule has 11 heavy (non-hydrogen) atoms. The van der Waals surface area contributed by atoms with Gasteiger partial charge in [-0.15, -0.1) is 6.58 Å². The Morgan fingerprint density at radius 3 is 2.45 bits per heavy atom. The second-order valence-electron chi connectivity index (χ2n) is 3.01. The Hall–Kier alpha value is -0.560. The Morgan fingerprint density at radius 2 is 2.09 bits per heavy atom. The van der Waals surface area contributed by atoms with Gasteiger partial charge in [0.15, 0.2) is 0 Å². The molecule has 0 bridgehead atoms. The average molecular weight is 153 g/mol. The molecule has 0 rings (SSSR count).